The summed E-state index contributed by atoms with van der Waals surface area (Å²) in [5, 5.41) is 2.59. The van der Waals surface area contributed by atoms with E-state index in [1.165, 1.54) is 64.5 Å². The zero-order valence-electron chi connectivity index (χ0n) is 14.9. The molecule has 1 nitrogen and oxygen atoms in total. The first-order valence-corrected chi connectivity index (χ1v) is 8.97. The van der Waals surface area contributed by atoms with Crippen LogP contribution >= 0.6 is 0 Å². The molecule has 0 bridgehead atoms. The Morgan fingerprint density at radius 2 is 1.05 bits per heavy atom. The van der Waals surface area contributed by atoms with Crippen LogP contribution in [0, 0.1) is 11.8 Å². The van der Waals surface area contributed by atoms with Gasteiger partial charge in [-0.25, -0.2) is 0 Å². The van der Waals surface area contributed by atoms with Gasteiger partial charge in [-0.2, -0.15) is 0 Å². The van der Waals surface area contributed by atoms with E-state index in [1.54, 1.807) is 0 Å². The Bertz CT molecular complexity index is 203. The maximum Gasteiger partial charge on any atom is 0.673 e. The van der Waals surface area contributed by atoms with Gasteiger partial charge in [-0.05, 0) is 25.7 Å². The number of rotatable bonds is 12. The lowest BCUT2D eigenvalue weighted by atomic mass is 9.97. The lowest BCUT2D eigenvalue weighted by molar-refractivity contribution is -0.666. The number of nitrogens with two attached hydrogens (primary N) is 1. The summed E-state index contributed by atoms with van der Waals surface area (Å²) in [6.07, 6.45) is 11.1. The fourth-order valence-corrected chi connectivity index (χ4v) is 2.53. The maximum absolute atomic E-state index is 9.75. The predicted octanol–water partition coefficient (Wildman–Crippen LogP) is 5.28. The van der Waals surface area contributed by atoms with Gasteiger partial charge in [0, 0.05) is 11.8 Å². The van der Waals surface area contributed by atoms with E-state index in [1.807, 2.05) is 0 Å². The van der Waals surface area contributed by atoms with Crippen LogP contribution in [0.4, 0.5) is 17.3 Å². The standard InChI is InChI=1S/C16H35N.BF4/c1-5-9-11-15(7-3)13-17-14-16(8-4)12-10-6-2;2-1(3,4)5/h15-17H,5-14H2,1-4H3;/q;-1/p+1. The molecule has 22 heavy (non-hydrogen) atoms. The Morgan fingerprint density at radius 3 is 1.27 bits per heavy atom. The highest BCUT2D eigenvalue weighted by Gasteiger charge is 2.20. The molecule has 0 fully saturated rings. The van der Waals surface area contributed by atoms with Crippen molar-refractivity contribution in [2.75, 3.05) is 13.1 Å². The molecule has 0 spiro atoms. The number of unbranched alkanes of at least 4 members (excludes halogenated alkanes) is 2. The van der Waals surface area contributed by atoms with Crippen molar-refractivity contribution >= 4 is 7.25 Å². The average Bonchev–Trinajstić information content (AvgIpc) is 2.44. The second-order valence-corrected chi connectivity index (χ2v) is 6.09. The molecule has 0 radical (unpaired) electrons. The molecule has 0 rings (SSSR count). The van der Waals surface area contributed by atoms with Gasteiger partial charge in [-0.3, -0.25) is 0 Å². The third-order valence-corrected chi connectivity index (χ3v) is 4.09. The third kappa shape index (κ3) is 22.0. The topological polar surface area (TPSA) is 16.6 Å². The van der Waals surface area contributed by atoms with E-state index in [4.69, 9.17) is 0 Å². The lowest BCUT2D eigenvalue weighted by Gasteiger charge is -2.16. The van der Waals surface area contributed by atoms with Gasteiger partial charge in [0.15, 0.2) is 0 Å². The lowest BCUT2D eigenvalue weighted by Crippen LogP contribution is -2.86. The molecule has 0 aromatic rings. The van der Waals surface area contributed by atoms with Crippen molar-refractivity contribution in [3.63, 3.8) is 0 Å². The van der Waals surface area contributed by atoms with E-state index in [0.717, 1.165) is 11.8 Å². The van der Waals surface area contributed by atoms with Crippen LogP contribution in [0.3, 0.4) is 0 Å². The summed E-state index contributed by atoms with van der Waals surface area (Å²) < 4.78 is 39.0. The second-order valence-electron chi connectivity index (χ2n) is 6.09. The fourth-order valence-electron chi connectivity index (χ4n) is 2.53. The Hall–Kier alpha value is -0.255. The largest absolute Gasteiger partial charge is 0.673 e. The molecule has 2 N–H and O–H groups in total. The molecule has 6 heteroatoms. The molecule has 2 unspecified atom stereocenters. The maximum atomic E-state index is 9.75. The van der Waals surface area contributed by atoms with Gasteiger partial charge < -0.3 is 22.6 Å². The molecule has 0 aliphatic rings. The summed E-state index contributed by atoms with van der Waals surface area (Å²) in [5.41, 5.74) is 0. The van der Waals surface area contributed by atoms with Crippen molar-refractivity contribution in [2.24, 2.45) is 11.8 Å². The zero-order valence-corrected chi connectivity index (χ0v) is 14.9. The first kappa shape index (κ1) is 24.0. The number of quaternary nitrogens is 1. The Labute approximate surface area is 134 Å². The quantitative estimate of drug-likeness (QED) is 0.370. The Balaban J connectivity index is 0. The summed E-state index contributed by atoms with van der Waals surface area (Å²) in [4.78, 5) is 0. The SMILES string of the molecule is CCCCC(CC)C[NH2+]CC(CC)CCCC.F[B-](F)(F)F. The van der Waals surface area contributed by atoms with Crippen molar-refractivity contribution in [3.8, 4) is 0 Å². The van der Waals surface area contributed by atoms with Crippen LogP contribution in [-0.2, 0) is 0 Å². The Morgan fingerprint density at radius 1 is 0.727 bits per heavy atom. The summed E-state index contributed by atoms with van der Waals surface area (Å²) in [6.45, 7) is 12.0. The summed E-state index contributed by atoms with van der Waals surface area (Å²) in [7, 11) is -6.00. The molecule has 0 heterocycles. The summed E-state index contributed by atoms with van der Waals surface area (Å²) in [5.74, 6) is 1.91. The van der Waals surface area contributed by atoms with Crippen LogP contribution in [0.5, 0.6) is 0 Å². The average molecular weight is 329 g/mol. The molecule has 0 amide bonds. The van der Waals surface area contributed by atoms with Crippen molar-refractivity contribution in [1.82, 2.24) is 0 Å². The molecule has 0 aromatic carbocycles. The normalized spacial score (nSPS) is 14.2. The zero-order chi connectivity index (χ0) is 17.4. The minimum atomic E-state index is -6.00. The molecular weight excluding hydrogens is 293 g/mol. The van der Waals surface area contributed by atoms with Gasteiger partial charge in [0.1, 0.15) is 0 Å². The van der Waals surface area contributed by atoms with Crippen molar-refractivity contribution < 1.29 is 22.6 Å². The van der Waals surface area contributed by atoms with E-state index in [2.05, 4.69) is 33.0 Å². The van der Waals surface area contributed by atoms with Gasteiger partial charge >= 0.3 is 7.25 Å². The number of halogens is 4. The van der Waals surface area contributed by atoms with Crippen LogP contribution in [0.15, 0.2) is 0 Å². The van der Waals surface area contributed by atoms with E-state index in [9.17, 15) is 17.3 Å². The van der Waals surface area contributed by atoms with Crippen LogP contribution in [-0.4, -0.2) is 20.3 Å². The van der Waals surface area contributed by atoms with Crippen molar-refractivity contribution in [1.29, 1.82) is 0 Å². The van der Waals surface area contributed by atoms with Crippen LogP contribution in [0.2, 0.25) is 0 Å². The molecular formula is C16H36BF4N. The van der Waals surface area contributed by atoms with Crippen LogP contribution < -0.4 is 5.32 Å². The van der Waals surface area contributed by atoms with E-state index in [0.29, 0.717) is 0 Å². The van der Waals surface area contributed by atoms with Crippen molar-refractivity contribution in [3.05, 3.63) is 0 Å². The molecule has 0 aromatic heterocycles. The predicted molar refractivity (Wildman–Crippen MR) is 88.5 cm³/mol. The smallest absolute Gasteiger partial charge is 0.418 e. The van der Waals surface area contributed by atoms with Gasteiger partial charge in [0.25, 0.3) is 0 Å². The first-order chi connectivity index (χ1) is 10.3. The molecule has 136 valence electrons. The van der Waals surface area contributed by atoms with E-state index in [-0.39, 0.29) is 0 Å². The van der Waals surface area contributed by atoms with Crippen LogP contribution in [0.1, 0.15) is 79.1 Å². The van der Waals surface area contributed by atoms with E-state index >= 15 is 0 Å². The number of hydrogen-bond donors (Lipinski definition) is 1. The van der Waals surface area contributed by atoms with Gasteiger partial charge in [0.05, 0.1) is 13.1 Å². The molecule has 0 aliphatic heterocycles. The summed E-state index contributed by atoms with van der Waals surface area (Å²) in [6, 6.07) is 0. The monoisotopic (exact) mass is 329 g/mol. The molecule has 0 saturated carbocycles. The van der Waals surface area contributed by atoms with Crippen molar-refractivity contribution in [2.45, 2.75) is 79.1 Å². The number of hydrogen-bond acceptors (Lipinski definition) is 0. The fraction of sp³-hybridized carbons (Fsp3) is 1.00. The highest BCUT2D eigenvalue weighted by molar-refractivity contribution is 6.50. The Kier molecular flexibility index (Phi) is 17.1. The molecule has 0 aliphatic carbocycles. The summed E-state index contributed by atoms with van der Waals surface area (Å²) >= 11 is 0. The van der Waals surface area contributed by atoms with Gasteiger partial charge in [-0.15, -0.1) is 0 Å². The highest BCUT2D eigenvalue weighted by Crippen LogP contribution is 2.11. The third-order valence-electron chi connectivity index (χ3n) is 4.09. The highest BCUT2D eigenvalue weighted by atomic mass is 19.5. The van der Waals surface area contributed by atoms with Gasteiger partial charge in [0.2, 0.25) is 0 Å². The van der Waals surface area contributed by atoms with Crippen LogP contribution in [0.25, 0.3) is 0 Å². The minimum absolute atomic E-state index is 0.957. The molecule has 2 atom stereocenters. The first-order valence-electron chi connectivity index (χ1n) is 8.97. The minimum Gasteiger partial charge on any atom is -0.418 e. The molecule has 0 saturated heterocycles. The second kappa shape index (κ2) is 15.6. The van der Waals surface area contributed by atoms with E-state index < -0.39 is 7.25 Å². The van der Waals surface area contributed by atoms with Gasteiger partial charge in [-0.1, -0.05) is 53.4 Å².